The average Bonchev–Trinajstić information content (AvgIpc) is 3.00. The van der Waals surface area contributed by atoms with Gasteiger partial charge in [0.2, 0.25) is 0 Å². The molecule has 2 saturated heterocycles. The van der Waals surface area contributed by atoms with Gasteiger partial charge in [0.15, 0.2) is 0 Å². The summed E-state index contributed by atoms with van der Waals surface area (Å²) in [5.74, 6) is 2.58. The second kappa shape index (κ2) is 9.69. The quantitative estimate of drug-likeness (QED) is 0.569. The van der Waals surface area contributed by atoms with E-state index in [-0.39, 0.29) is 17.5 Å². The van der Waals surface area contributed by atoms with Gasteiger partial charge < -0.3 is 19.1 Å². The van der Waals surface area contributed by atoms with E-state index >= 15 is 0 Å². The number of allylic oxidation sites excluding steroid dienone is 1. The highest BCUT2D eigenvalue weighted by Gasteiger charge is 2.54. The number of ether oxygens (including phenoxy) is 3. The lowest BCUT2D eigenvalue weighted by molar-refractivity contribution is 0.0887. The number of benzene rings is 2. The summed E-state index contributed by atoms with van der Waals surface area (Å²) in [6, 6.07) is 12.4. The number of hydrogen-bond donors (Lipinski definition) is 0. The van der Waals surface area contributed by atoms with Gasteiger partial charge in [0.05, 0.1) is 33.4 Å². The smallest absolute Gasteiger partial charge is 0.325 e. The van der Waals surface area contributed by atoms with E-state index in [1.165, 1.54) is 5.56 Å². The standard InChI is InChI=1S/C29H37N3O4/c1-6-32-28(33)31-19-22-16-24(35-4)17-25(36-5)27(22)20(2)14-26(31)29(32)10-12-30(13-11-29)18-21-8-7-9-23(15-21)34-3/h7-9,14-17,20H,6,10-13,18-19H2,1-5H3. The molecule has 5 rings (SSSR count). The van der Waals surface area contributed by atoms with Crippen molar-refractivity contribution in [1.29, 1.82) is 0 Å². The van der Waals surface area contributed by atoms with E-state index < -0.39 is 0 Å². The van der Waals surface area contributed by atoms with E-state index in [0.717, 1.165) is 66.5 Å². The van der Waals surface area contributed by atoms with Crippen molar-refractivity contribution in [3.63, 3.8) is 0 Å². The lowest BCUT2D eigenvalue weighted by Gasteiger charge is -2.44. The number of fused-ring (bicyclic) bond motifs is 3. The molecule has 2 amide bonds. The summed E-state index contributed by atoms with van der Waals surface area (Å²) in [4.78, 5) is 20.4. The van der Waals surface area contributed by atoms with Crippen molar-refractivity contribution in [2.45, 2.75) is 51.2 Å². The number of hydrogen-bond acceptors (Lipinski definition) is 5. The van der Waals surface area contributed by atoms with Gasteiger partial charge in [0.1, 0.15) is 17.2 Å². The highest BCUT2D eigenvalue weighted by molar-refractivity contribution is 5.83. The minimum Gasteiger partial charge on any atom is -0.497 e. The van der Waals surface area contributed by atoms with Crippen molar-refractivity contribution in [3.05, 3.63) is 64.9 Å². The first-order valence-corrected chi connectivity index (χ1v) is 12.9. The fraction of sp³-hybridized carbons (Fsp3) is 0.483. The minimum absolute atomic E-state index is 0.104. The molecular weight excluding hydrogens is 454 g/mol. The predicted molar refractivity (Wildman–Crippen MR) is 140 cm³/mol. The summed E-state index contributed by atoms with van der Waals surface area (Å²) in [6.45, 7) is 8.28. The molecule has 3 heterocycles. The van der Waals surface area contributed by atoms with E-state index in [2.05, 4.69) is 47.9 Å². The molecule has 3 aliphatic heterocycles. The molecule has 2 aromatic rings. The maximum Gasteiger partial charge on any atom is 0.325 e. The first kappa shape index (κ1) is 24.5. The zero-order valence-electron chi connectivity index (χ0n) is 22.0. The number of carbonyl (C=O) groups excluding carboxylic acids is 1. The number of piperidine rings is 1. The van der Waals surface area contributed by atoms with Crippen LogP contribution in [0.4, 0.5) is 4.79 Å². The number of nitrogens with zero attached hydrogens (tertiary/aromatic N) is 3. The number of amides is 2. The van der Waals surface area contributed by atoms with Crippen LogP contribution in [0.25, 0.3) is 0 Å². The monoisotopic (exact) mass is 491 g/mol. The van der Waals surface area contributed by atoms with E-state index in [9.17, 15) is 4.79 Å². The van der Waals surface area contributed by atoms with Crippen LogP contribution >= 0.6 is 0 Å². The summed E-state index contributed by atoms with van der Waals surface area (Å²) >= 11 is 0. The van der Waals surface area contributed by atoms with Crippen molar-refractivity contribution in [3.8, 4) is 17.2 Å². The van der Waals surface area contributed by atoms with E-state index in [0.29, 0.717) is 13.1 Å². The van der Waals surface area contributed by atoms with Gasteiger partial charge in [-0.1, -0.05) is 25.1 Å². The number of methoxy groups -OCH3 is 3. The van der Waals surface area contributed by atoms with E-state index in [1.54, 1.807) is 21.3 Å². The van der Waals surface area contributed by atoms with Crippen LogP contribution in [0.2, 0.25) is 0 Å². The summed E-state index contributed by atoms with van der Waals surface area (Å²) in [7, 11) is 5.07. The molecule has 0 saturated carbocycles. The molecule has 0 bridgehead atoms. The van der Waals surface area contributed by atoms with Crippen molar-refractivity contribution < 1.29 is 19.0 Å². The van der Waals surface area contributed by atoms with Gasteiger partial charge in [-0.25, -0.2) is 4.79 Å². The Morgan fingerprint density at radius 1 is 1.00 bits per heavy atom. The van der Waals surface area contributed by atoms with Crippen LogP contribution in [-0.4, -0.2) is 67.2 Å². The molecule has 1 spiro atoms. The third-order valence-corrected chi connectivity index (χ3v) is 8.13. The summed E-state index contributed by atoms with van der Waals surface area (Å²) in [6.07, 6.45) is 4.15. The third-order valence-electron chi connectivity index (χ3n) is 8.13. The van der Waals surface area contributed by atoms with Gasteiger partial charge in [-0.15, -0.1) is 0 Å². The number of rotatable bonds is 6. The first-order valence-electron chi connectivity index (χ1n) is 12.9. The van der Waals surface area contributed by atoms with Gasteiger partial charge in [-0.2, -0.15) is 0 Å². The normalized spacial score (nSPS) is 21.1. The van der Waals surface area contributed by atoms with Crippen LogP contribution in [0.5, 0.6) is 17.2 Å². The van der Waals surface area contributed by atoms with Crippen molar-refractivity contribution >= 4 is 6.03 Å². The topological polar surface area (TPSA) is 54.5 Å². The Morgan fingerprint density at radius 2 is 1.75 bits per heavy atom. The molecule has 7 heteroatoms. The average molecular weight is 492 g/mol. The Kier molecular flexibility index (Phi) is 6.60. The van der Waals surface area contributed by atoms with Gasteiger partial charge >= 0.3 is 6.03 Å². The zero-order chi connectivity index (χ0) is 25.4. The Morgan fingerprint density at radius 3 is 2.42 bits per heavy atom. The molecule has 36 heavy (non-hydrogen) atoms. The van der Waals surface area contributed by atoms with Crippen molar-refractivity contribution in [2.75, 3.05) is 41.0 Å². The third kappa shape index (κ3) is 3.99. The highest BCUT2D eigenvalue weighted by atomic mass is 16.5. The Hall–Kier alpha value is -3.19. The van der Waals surface area contributed by atoms with Crippen LogP contribution < -0.4 is 14.2 Å². The second-order valence-corrected chi connectivity index (χ2v) is 10.0. The molecule has 1 atom stereocenters. The van der Waals surface area contributed by atoms with Crippen LogP contribution in [0.1, 0.15) is 49.3 Å². The largest absolute Gasteiger partial charge is 0.497 e. The van der Waals surface area contributed by atoms with Crippen LogP contribution in [0, 0.1) is 0 Å². The SMILES string of the molecule is CCN1C(=O)N2Cc3cc(OC)cc(OC)c3C(C)C=C2C12CCN(Cc1cccc(OC)c1)CC2. The predicted octanol–water partition coefficient (Wildman–Crippen LogP) is 5.01. The second-order valence-electron chi connectivity index (χ2n) is 10.0. The maximum atomic E-state index is 13.8. The molecule has 0 radical (unpaired) electrons. The molecule has 2 fully saturated rings. The van der Waals surface area contributed by atoms with Gasteiger partial charge in [0, 0.05) is 49.4 Å². The van der Waals surface area contributed by atoms with Gasteiger partial charge in [-0.3, -0.25) is 9.80 Å². The zero-order valence-corrected chi connectivity index (χ0v) is 22.0. The molecule has 2 aromatic carbocycles. The molecule has 3 aliphatic rings. The first-order chi connectivity index (χ1) is 17.4. The number of likely N-dealkylation sites (tertiary alicyclic amines) is 1. The maximum absolute atomic E-state index is 13.8. The molecular formula is C29H37N3O4. The molecule has 0 aliphatic carbocycles. The summed E-state index contributed by atoms with van der Waals surface area (Å²) in [5, 5.41) is 0. The van der Waals surface area contributed by atoms with Crippen molar-refractivity contribution in [2.24, 2.45) is 0 Å². The Labute approximate surface area is 214 Å². The molecule has 7 nitrogen and oxygen atoms in total. The number of likely N-dealkylation sites (N-methyl/N-ethyl adjacent to an activating group) is 1. The van der Waals surface area contributed by atoms with Crippen LogP contribution in [0.3, 0.4) is 0 Å². The number of carbonyl (C=O) groups is 1. The fourth-order valence-corrected chi connectivity index (χ4v) is 6.37. The molecule has 0 aromatic heterocycles. The highest BCUT2D eigenvalue weighted by Crippen LogP contribution is 2.49. The molecule has 0 N–H and O–H groups in total. The van der Waals surface area contributed by atoms with Gasteiger partial charge in [0.25, 0.3) is 0 Å². The summed E-state index contributed by atoms with van der Waals surface area (Å²) < 4.78 is 16.7. The van der Waals surface area contributed by atoms with Crippen molar-refractivity contribution in [1.82, 2.24) is 14.7 Å². The lowest BCUT2D eigenvalue weighted by Crippen LogP contribution is -2.53. The Balaban J connectivity index is 1.44. The molecule has 192 valence electrons. The fourth-order valence-electron chi connectivity index (χ4n) is 6.37. The number of urea groups is 1. The van der Waals surface area contributed by atoms with Crippen LogP contribution in [-0.2, 0) is 13.1 Å². The lowest BCUT2D eigenvalue weighted by atomic mass is 9.82. The van der Waals surface area contributed by atoms with E-state index in [4.69, 9.17) is 14.2 Å². The van der Waals surface area contributed by atoms with Crippen LogP contribution in [0.15, 0.2) is 48.2 Å². The minimum atomic E-state index is -0.273. The Bertz CT molecular complexity index is 1170. The molecule has 1 unspecified atom stereocenters. The summed E-state index contributed by atoms with van der Waals surface area (Å²) in [5.41, 5.74) is 4.36. The van der Waals surface area contributed by atoms with E-state index in [1.807, 2.05) is 23.1 Å². The van der Waals surface area contributed by atoms with Gasteiger partial charge in [-0.05, 0) is 49.1 Å².